The third kappa shape index (κ3) is 8.00. The standard InChI is InChI=1S/C12H28O2Si/c1-4-7-10-13-12(15,9-6-3)14-11-8-5-2/h4-11H2,1-3,15H3. The predicted octanol–water partition coefficient (Wildman–Crippen LogP) is 2.44. The molecule has 0 aliphatic carbocycles. The highest BCUT2D eigenvalue weighted by Crippen LogP contribution is 2.17. The second kappa shape index (κ2) is 9.37. The number of unbranched alkanes of at least 4 members (excludes halogenated alkanes) is 2. The van der Waals surface area contributed by atoms with Crippen LogP contribution in [0.2, 0.25) is 0 Å². The Bertz CT molecular complexity index is 130. The van der Waals surface area contributed by atoms with E-state index in [1.807, 2.05) is 0 Å². The summed E-state index contributed by atoms with van der Waals surface area (Å²) in [6, 6.07) is 0. The Kier molecular flexibility index (Phi) is 9.45. The fourth-order valence-electron chi connectivity index (χ4n) is 1.50. The zero-order chi connectivity index (χ0) is 11.6. The van der Waals surface area contributed by atoms with Crippen LogP contribution in [0.5, 0.6) is 0 Å². The highest BCUT2D eigenvalue weighted by atomic mass is 28.1. The van der Waals surface area contributed by atoms with Crippen LogP contribution in [-0.2, 0) is 9.47 Å². The van der Waals surface area contributed by atoms with Gasteiger partial charge in [0.1, 0.15) is 5.41 Å². The molecule has 0 rings (SSSR count). The molecule has 0 fully saturated rings. The molecule has 0 bridgehead atoms. The normalized spacial score (nSPS) is 12.2. The van der Waals surface area contributed by atoms with Crippen molar-refractivity contribution in [2.75, 3.05) is 13.2 Å². The lowest BCUT2D eigenvalue weighted by molar-refractivity contribution is -0.183. The molecule has 0 aromatic carbocycles. The summed E-state index contributed by atoms with van der Waals surface area (Å²) < 4.78 is 11.8. The largest absolute Gasteiger partial charge is 0.355 e. The van der Waals surface area contributed by atoms with Crippen molar-refractivity contribution < 1.29 is 9.47 Å². The second-order valence-electron chi connectivity index (χ2n) is 4.29. The van der Waals surface area contributed by atoms with Gasteiger partial charge in [0.25, 0.3) is 0 Å². The Balaban J connectivity index is 3.83. The minimum Gasteiger partial charge on any atom is -0.355 e. The topological polar surface area (TPSA) is 18.5 Å². The van der Waals surface area contributed by atoms with E-state index in [2.05, 4.69) is 20.8 Å². The molecule has 0 amide bonds. The molecule has 0 heterocycles. The van der Waals surface area contributed by atoms with Gasteiger partial charge in [-0.1, -0.05) is 40.0 Å². The highest BCUT2D eigenvalue weighted by Gasteiger charge is 2.23. The van der Waals surface area contributed by atoms with Gasteiger partial charge in [0.2, 0.25) is 0 Å². The van der Waals surface area contributed by atoms with Crippen LogP contribution in [-0.4, -0.2) is 28.9 Å². The van der Waals surface area contributed by atoms with Crippen molar-refractivity contribution in [3.8, 4) is 0 Å². The minimum atomic E-state index is -0.209. The van der Waals surface area contributed by atoms with E-state index in [0.29, 0.717) is 0 Å². The van der Waals surface area contributed by atoms with Crippen LogP contribution in [0, 0.1) is 0 Å². The summed E-state index contributed by atoms with van der Waals surface area (Å²) >= 11 is 0. The van der Waals surface area contributed by atoms with E-state index in [4.69, 9.17) is 9.47 Å². The molecular weight excluding hydrogens is 204 g/mol. The van der Waals surface area contributed by atoms with Crippen LogP contribution >= 0.6 is 0 Å². The second-order valence-corrected chi connectivity index (χ2v) is 5.81. The Labute approximate surface area is 98.2 Å². The summed E-state index contributed by atoms with van der Waals surface area (Å²) in [5.41, 5.74) is -0.209. The maximum atomic E-state index is 5.90. The van der Waals surface area contributed by atoms with Crippen LogP contribution in [0.25, 0.3) is 0 Å². The maximum absolute atomic E-state index is 5.90. The lowest BCUT2D eigenvalue weighted by Crippen LogP contribution is -2.37. The van der Waals surface area contributed by atoms with Gasteiger partial charge in [0.05, 0.1) is 10.2 Å². The average molecular weight is 232 g/mol. The number of hydrogen-bond donors (Lipinski definition) is 0. The van der Waals surface area contributed by atoms with Gasteiger partial charge in [-0.05, 0) is 19.3 Å². The van der Waals surface area contributed by atoms with E-state index in [1.165, 1.54) is 12.8 Å². The molecule has 0 saturated carbocycles. The first-order valence-corrected chi connectivity index (χ1v) is 7.46. The van der Waals surface area contributed by atoms with Crippen LogP contribution in [0.4, 0.5) is 0 Å². The van der Waals surface area contributed by atoms with Crippen molar-refractivity contribution in [2.24, 2.45) is 0 Å². The van der Waals surface area contributed by atoms with E-state index in [0.717, 1.165) is 49.1 Å². The fourth-order valence-corrected chi connectivity index (χ4v) is 2.41. The zero-order valence-electron chi connectivity index (χ0n) is 11.0. The summed E-state index contributed by atoms with van der Waals surface area (Å²) in [5.74, 6) is 0. The lowest BCUT2D eigenvalue weighted by atomic mass is 10.3. The first-order chi connectivity index (χ1) is 7.18. The molecule has 3 heteroatoms. The SMILES string of the molecule is CCCCOC([SiH3])(CCC)OCCCC. The fraction of sp³-hybridized carbons (Fsp3) is 1.00. The van der Waals surface area contributed by atoms with Gasteiger partial charge in [0, 0.05) is 13.2 Å². The van der Waals surface area contributed by atoms with Crippen molar-refractivity contribution in [3.05, 3.63) is 0 Å². The van der Waals surface area contributed by atoms with Crippen LogP contribution in [0.3, 0.4) is 0 Å². The quantitative estimate of drug-likeness (QED) is 0.327. The Hall–Kier alpha value is 0.137. The van der Waals surface area contributed by atoms with E-state index in [-0.39, 0.29) is 5.41 Å². The van der Waals surface area contributed by atoms with Gasteiger partial charge in [0.15, 0.2) is 0 Å². The van der Waals surface area contributed by atoms with Gasteiger partial charge in [-0.15, -0.1) is 0 Å². The third-order valence-electron chi connectivity index (χ3n) is 2.51. The molecular formula is C12H28O2Si. The first-order valence-electron chi connectivity index (χ1n) is 6.46. The monoisotopic (exact) mass is 232 g/mol. The summed E-state index contributed by atoms with van der Waals surface area (Å²) in [6.45, 7) is 8.28. The van der Waals surface area contributed by atoms with E-state index in [1.54, 1.807) is 0 Å². The molecule has 0 N–H and O–H groups in total. The zero-order valence-corrected chi connectivity index (χ0v) is 13.0. The van der Waals surface area contributed by atoms with Crippen molar-refractivity contribution in [1.29, 1.82) is 0 Å². The molecule has 0 saturated heterocycles. The van der Waals surface area contributed by atoms with E-state index < -0.39 is 0 Å². The summed E-state index contributed by atoms with van der Waals surface area (Å²) in [7, 11) is 0.967. The third-order valence-corrected chi connectivity index (χ3v) is 3.59. The van der Waals surface area contributed by atoms with E-state index >= 15 is 0 Å². The van der Waals surface area contributed by atoms with Crippen molar-refractivity contribution in [2.45, 2.75) is 64.7 Å². The first kappa shape index (κ1) is 15.1. The number of rotatable bonds is 10. The van der Waals surface area contributed by atoms with Crippen LogP contribution in [0.1, 0.15) is 59.3 Å². The maximum Gasteiger partial charge on any atom is 0.141 e. The molecule has 0 aliphatic rings. The lowest BCUT2D eigenvalue weighted by Gasteiger charge is -2.30. The molecule has 0 unspecified atom stereocenters. The molecule has 0 atom stereocenters. The average Bonchev–Trinajstić information content (AvgIpc) is 2.19. The molecule has 0 aliphatic heterocycles. The summed E-state index contributed by atoms with van der Waals surface area (Å²) in [6.07, 6.45) is 6.86. The minimum absolute atomic E-state index is 0.209. The molecule has 0 radical (unpaired) electrons. The Morgan fingerprint density at radius 3 is 1.67 bits per heavy atom. The van der Waals surface area contributed by atoms with Crippen LogP contribution in [0.15, 0.2) is 0 Å². The Morgan fingerprint density at radius 1 is 0.867 bits per heavy atom. The molecule has 0 spiro atoms. The molecule has 0 aromatic heterocycles. The van der Waals surface area contributed by atoms with Gasteiger partial charge in [-0.2, -0.15) is 0 Å². The predicted molar refractivity (Wildman–Crippen MR) is 69.3 cm³/mol. The van der Waals surface area contributed by atoms with Crippen molar-refractivity contribution >= 4 is 10.2 Å². The van der Waals surface area contributed by atoms with Gasteiger partial charge < -0.3 is 9.47 Å². The molecule has 0 aromatic rings. The summed E-state index contributed by atoms with van der Waals surface area (Å²) in [5, 5.41) is 0. The van der Waals surface area contributed by atoms with Crippen molar-refractivity contribution in [1.82, 2.24) is 0 Å². The Morgan fingerprint density at radius 2 is 1.33 bits per heavy atom. The smallest absolute Gasteiger partial charge is 0.141 e. The molecule has 15 heavy (non-hydrogen) atoms. The molecule has 2 nitrogen and oxygen atoms in total. The number of ether oxygens (including phenoxy) is 2. The highest BCUT2D eigenvalue weighted by molar-refractivity contribution is 6.13. The van der Waals surface area contributed by atoms with Crippen molar-refractivity contribution in [3.63, 3.8) is 0 Å². The van der Waals surface area contributed by atoms with Crippen LogP contribution < -0.4 is 0 Å². The van der Waals surface area contributed by atoms with E-state index in [9.17, 15) is 0 Å². The number of hydrogen-bond acceptors (Lipinski definition) is 2. The molecule has 92 valence electrons. The van der Waals surface area contributed by atoms with Gasteiger partial charge in [-0.25, -0.2) is 0 Å². The summed E-state index contributed by atoms with van der Waals surface area (Å²) in [4.78, 5) is 0. The van der Waals surface area contributed by atoms with Gasteiger partial charge in [-0.3, -0.25) is 0 Å². The van der Waals surface area contributed by atoms with Gasteiger partial charge >= 0.3 is 0 Å².